The number of pyridine rings is 1. The van der Waals surface area contributed by atoms with E-state index in [1.165, 1.54) is 11.1 Å². The van der Waals surface area contributed by atoms with Gasteiger partial charge in [-0.3, -0.25) is 9.69 Å². The summed E-state index contributed by atoms with van der Waals surface area (Å²) in [7, 11) is 0. The number of fused-ring (bicyclic) bond motifs is 2. The van der Waals surface area contributed by atoms with Crippen LogP contribution in [0, 0.1) is 6.92 Å². The molecule has 0 saturated heterocycles. The smallest absolute Gasteiger partial charge is 0.194 e. The second-order valence-electron chi connectivity index (χ2n) is 6.40. The highest BCUT2D eigenvalue weighted by Gasteiger charge is 2.20. The summed E-state index contributed by atoms with van der Waals surface area (Å²) in [5, 5.41) is 0.795. The van der Waals surface area contributed by atoms with Crippen LogP contribution in [0.1, 0.15) is 22.4 Å². The number of hydrogen-bond donors (Lipinski definition) is 1. The molecule has 4 rings (SSSR count). The van der Waals surface area contributed by atoms with E-state index in [2.05, 4.69) is 41.1 Å². The number of nitrogens with zero attached hydrogens (tertiary/aromatic N) is 1. The van der Waals surface area contributed by atoms with Gasteiger partial charge in [-0.05, 0) is 24.6 Å². The fourth-order valence-electron chi connectivity index (χ4n) is 3.37. The van der Waals surface area contributed by atoms with Gasteiger partial charge in [0.2, 0.25) is 0 Å². The second kappa shape index (κ2) is 5.67. The summed E-state index contributed by atoms with van der Waals surface area (Å²) in [6.45, 7) is 4.70. The molecule has 1 N–H and O–H groups in total. The molecule has 23 heavy (non-hydrogen) atoms. The highest BCUT2D eigenvalue weighted by atomic mass is 16.1. The summed E-state index contributed by atoms with van der Waals surface area (Å²) in [6, 6.07) is 16.4. The van der Waals surface area contributed by atoms with Crippen LogP contribution in [0.25, 0.3) is 10.9 Å². The fourth-order valence-corrected chi connectivity index (χ4v) is 3.37. The van der Waals surface area contributed by atoms with E-state index in [-0.39, 0.29) is 5.43 Å². The SMILES string of the molecule is Cc1ccc(CN2CCc3[nH]c4ccccc4c(=O)c3C2)cc1. The number of para-hydroxylation sites is 1. The Bertz CT molecular complexity index is 909. The van der Waals surface area contributed by atoms with Gasteiger partial charge < -0.3 is 4.98 Å². The predicted molar refractivity (Wildman–Crippen MR) is 93.6 cm³/mol. The van der Waals surface area contributed by atoms with E-state index in [1.807, 2.05) is 24.3 Å². The Kier molecular flexibility index (Phi) is 3.50. The Hall–Kier alpha value is -2.39. The molecule has 1 aliphatic heterocycles. The summed E-state index contributed by atoms with van der Waals surface area (Å²) >= 11 is 0. The number of aromatic amines is 1. The van der Waals surface area contributed by atoms with E-state index in [1.54, 1.807) is 0 Å². The van der Waals surface area contributed by atoms with Crippen molar-refractivity contribution < 1.29 is 0 Å². The van der Waals surface area contributed by atoms with Crippen molar-refractivity contribution in [3.05, 3.63) is 81.1 Å². The van der Waals surface area contributed by atoms with Crippen LogP contribution in [0.4, 0.5) is 0 Å². The van der Waals surface area contributed by atoms with E-state index in [0.29, 0.717) is 0 Å². The number of H-pyrrole nitrogens is 1. The lowest BCUT2D eigenvalue weighted by Crippen LogP contribution is -2.34. The number of nitrogens with one attached hydrogen (secondary N) is 1. The van der Waals surface area contributed by atoms with E-state index in [4.69, 9.17) is 0 Å². The van der Waals surface area contributed by atoms with E-state index >= 15 is 0 Å². The van der Waals surface area contributed by atoms with Gasteiger partial charge in [-0.1, -0.05) is 42.0 Å². The minimum Gasteiger partial charge on any atom is -0.358 e. The van der Waals surface area contributed by atoms with Crippen molar-refractivity contribution in [2.45, 2.75) is 26.4 Å². The molecular formula is C20H20N2O. The summed E-state index contributed by atoms with van der Waals surface area (Å²) in [5.41, 5.74) is 5.75. The molecule has 116 valence electrons. The number of hydrogen-bond acceptors (Lipinski definition) is 2. The lowest BCUT2D eigenvalue weighted by atomic mass is 10.0. The molecular weight excluding hydrogens is 284 g/mol. The van der Waals surface area contributed by atoms with Crippen molar-refractivity contribution in [1.82, 2.24) is 9.88 Å². The zero-order chi connectivity index (χ0) is 15.8. The third kappa shape index (κ3) is 2.68. The van der Waals surface area contributed by atoms with Gasteiger partial charge in [0.25, 0.3) is 0 Å². The van der Waals surface area contributed by atoms with Crippen molar-refractivity contribution in [3.63, 3.8) is 0 Å². The second-order valence-corrected chi connectivity index (χ2v) is 6.40. The van der Waals surface area contributed by atoms with Gasteiger partial charge in [-0.25, -0.2) is 0 Å². The summed E-state index contributed by atoms with van der Waals surface area (Å²) in [4.78, 5) is 18.6. The highest BCUT2D eigenvalue weighted by Crippen LogP contribution is 2.19. The molecule has 2 aromatic carbocycles. The molecule has 3 nitrogen and oxygen atoms in total. The molecule has 0 spiro atoms. The van der Waals surface area contributed by atoms with Gasteiger partial charge in [0.05, 0.1) is 0 Å². The zero-order valence-electron chi connectivity index (χ0n) is 13.3. The Morgan fingerprint density at radius 3 is 2.70 bits per heavy atom. The molecule has 0 saturated carbocycles. The van der Waals surface area contributed by atoms with Gasteiger partial charge in [0.1, 0.15) is 0 Å². The van der Waals surface area contributed by atoms with Crippen molar-refractivity contribution in [2.75, 3.05) is 6.54 Å². The maximum Gasteiger partial charge on any atom is 0.194 e. The van der Waals surface area contributed by atoms with Crippen LogP contribution in [0.3, 0.4) is 0 Å². The Balaban J connectivity index is 1.65. The van der Waals surface area contributed by atoms with Crippen LogP contribution in [-0.4, -0.2) is 16.4 Å². The lowest BCUT2D eigenvalue weighted by Gasteiger charge is -2.28. The molecule has 2 heterocycles. The van der Waals surface area contributed by atoms with Crippen LogP contribution in [0.5, 0.6) is 0 Å². The molecule has 1 aromatic heterocycles. The predicted octanol–water partition coefficient (Wildman–Crippen LogP) is 3.39. The van der Waals surface area contributed by atoms with Crippen LogP contribution < -0.4 is 5.43 Å². The van der Waals surface area contributed by atoms with Crippen molar-refractivity contribution in [1.29, 1.82) is 0 Å². The number of aromatic nitrogens is 1. The lowest BCUT2D eigenvalue weighted by molar-refractivity contribution is 0.243. The zero-order valence-corrected chi connectivity index (χ0v) is 13.3. The van der Waals surface area contributed by atoms with Gasteiger partial charge in [0, 0.05) is 48.2 Å². The molecule has 3 aromatic rings. The third-order valence-corrected chi connectivity index (χ3v) is 4.68. The number of aryl methyl sites for hydroxylation is 1. The molecule has 0 unspecified atom stereocenters. The van der Waals surface area contributed by atoms with Gasteiger partial charge in [0.15, 0.2) is 5.43 Å². The maximum absolute atomic E-state index is 12.8. The standard InChI is InChI=1S/C20H20N2O/c1-14-6-8-15(9-7-14)12-22-11-10-19-17(13-22)20(23)16-4-2-3-5-18(16)21-19/h2-9H,10-13H2,1H3,(H,21,23). The molecule has 1 aliphatic rings. The molecule has 0 bridgehead atoms. The van der Waals surface area contributed by atoms with Gasteiger partial charge in [-0.15, -0.1) is 0 Å². The molecule has 0 radical (unpaired) electrons. The molecule has 3 heteroatoms. The van der Waals surface area contributed by atoms with Crippen LogP contribution in [-0.2, 0) is 19.5 Å². The van der Waals surface area contributed by atoms with Crippen LogP contribution >= 0.6 is 0 Å². The average Bonchev–Trinajstić information content (AvgIpc) is 2.58. The number of benzene rings is 2. The fraction of sp³-hybridized carbons (Fsp3) is 0.250. The minimum atomic E-state index is 0.183. The molecule has 0 fully saturated rings. The van der Waals surface area contributed by atoms with Crippen molar-refractivity contribution >= 4 is 10.9 Å². The first kappa shape index (κ1) is 14.2. The molecule has 0 atom stereocenters. The normalized spacial score (nSPS) is 14.8. The Morgan fingerprint density at radius 2 is 1.87 bits per heavy atom. The van der Waals surface area contributed by atoms with Crippen molar-refractivity contribution in [3.8, 4) is 0 Å². The Labute approximate surface area is 135 Å². The van der Waals surface area contributed by atoms with Gasteiger partial charge >= 0.3 is 0 Å². The van der Waals surface area contributed by atoms with E-state index < -0.39 is 0 Å². The topological polar surface area (TPSA) is 36.1 Å². The van der Waals surface area contributed by atoms with E-state index in [0.717, 1.165) is 48.2 Å². The first-order valence-electron chi connectivity index (χ1n) is 8.11. The monoisotopic (exact) mass is 304 g/mol. The molecule has 0 aliphatic carbocycles. The summed E-state index contributed by atoms with van der Waals surface area (Å²) in [6.07, 6.45) is 0.904. The summed E-state index contributed by atoms with van der Waals surface area (Å²) in [5.74, 6) is 0. The molecule has 0 amide bonds. The first-order valence-corrected chi connectivity index (χ1v) is 8.11. The largest absolute Gasteiger partial charge is 0.358 e. The Morgan fingerprint density at radius 1 is 1.09 bits per heavy atom. The highest BCUT2D eigenvalue weighted by molar-refractivity contribution is 5.79. The van der Waals surface area contributed by atoms with Crippen molar-refractivity contribution in [2.24, 2.45) is 0 Å². The average molecular weight is 304 g/mol. The minimum absolute atomic E-state index is 0.183. The number of rotatable bonds is 2. The first-order chi connectivity index (χ1) is 11.2. The van der Waals surface area contributed by atoms with Gasteiger partial charge in [-0.2, -0.15) is 0 Å². The third-order valence-electron chi connectivity index (χ3n) is 4.68. The van der Waals surface area contributed by atoms with E-state index in [9.17, 15) is 4.79 Å². The summed E-state index contributed by atoms with van der Waals surface area (Å²) < 4.78 is 0. The van der Waals surface area contributed by atoms with Crippen LogP contribution in [0.2, 0.25) is 0 Å². The maximum atomic E-state index is 12.8. The quantitative estimate of drug-likeness (QED) is 0.788. The van der Waals surface area contributed by atoms with Crippen LogP contribution in [0.15, 0.2) is 53.3 Å².